The summed E-state index contributed by atoms with van der Waals surface area (Å²) in [6.07, 6.45) is -0.598. The quantitative estimate of drug-likeness (QED) is 0.789. The van der Waals surface area contributed by atoms with Crippen molar-refractivity contribution in [3.63, 3.8) is 0 Å². The van der Waals surface area contributed by atoms with E-state index in [1.54, 1.807) is 6.07 Å². The van der Waals surface area contributed by atoms with Gasteiger partial charge in [0.1, 0.15) is 5.82 Å². The fourth-order valence-corrected chi connectivity index (χ4v) is 1.38. The smallest absolute Gasteiger partial charge is 0.436 e. The van der Waals surface area contributed by atoms with Crippen molar-refractivity contribution in [1.29, 1.82) is 0 Å². The summed E-state index contributed by atoms with van der Waals surface area (Å²) in [6, 6.07) is 11.1. The lowest BCUT2D eigenvalue weighted by molar-refractivity contribution is 0.170. The Hall–Kier alpha value is -2.30. The minimum absolute atomic E-state index is 0.255. The van der Waals surface area contributed by atoms with Crippen molar-refractivity contribution in [2.45, 2.75) is 0 Å². The number of ether oxygens (including phenoxy) is 1. The largest absolute Gasteiger partial charge is 0.451 e. The zero-order chi connectivity index (χ0) is 11.5. The third-order valence-corrected chi connectivity index (χ3v) is 2.15. The number of hydrogen-bond donors (Lipinski definition) is 1. The first-order valence-corrected chi connectivity index (χ1v) is 4.71. The van der Waals surface area contributed by atoms with Crippen LogP contribution in [0.5, 0.6) is 0 Å². The molecule has 0 aliphatic carbocycles. The molecule has 1 heterocycles. The monoisotopic (exact) mass is 217 g/mol. The van der Waals surface area contributed by atoms with Crippen LogP contribution in [0.2, 0.25) is 0 Å². The minimum Gasteiger partial charge on any atom is -0.451 e. The Morgan fingerprint density at radius 1 is 1.38 bits per heavy atom. The molecule has 2 rings (SSSR count). The molecule has 5 heteroatoms. The lowest BCUT2D eigenvalue weighted by atomic mass is 10.2. The van der Waals surface area contributed by atoms with Gasteiger partial charge in [0.05, 0.1) is 12.8 Å². The average Bonchev–Trinajstić information content (AvgIpc) is 2.71. The van der Waals surface area contributed by atoms with Crippen LogP contribution >= 0.6 is 0 Å². The van der Waals surface area contributed by atoms with E-state index in [1.807, 2.05) is 30.3 Å². The number of nitrogens with zero attached hydrogens (tertiary/aromatic N) is 2. The highest BCUT2D eigenvalue weighted by atomic mass is 16.5. The molecular weight excluding hydrogens is 206 g/mol. The van der Waals surface area contributed by atoms with Gasteiger partial charge in [0.25, 0.3) is 0 Å². The van der Waals surface area contributed by atoms with Gasteiger partial charge in [-0.1, -0.05) is 30.3 Å². The molecule has 0 fully saturated rings. The van der Waals surface area contributed by atoms with Crippen LogP contribution in [0, 0.1) is 0 Å². The number of aromatic nitrogens is 2. The van der Waals surface area contributed by atoms with E-state index < -0.39 is 6.09 Å². The van der Waals surface area contributed by atoms with E-state index >= 15 is 0 Å². The minimum atomic E-state index is -0.598. The number of carbonyl (C=O) groups is 1. The molecule has 5 nitrogen and oxygen atoms in total. The lowest BCUT2D eigenvalue weighted by Gasteiger charge is -1.98. The third kappa shape index (κ3) is 1.75. The summed E-state index contributed by atoms with van der Waals surface area (Å²) < 4.78 is 5.58. The molecule has 0 saturated carbocycles. The van der Waals surface area contributed by atoms with E-state index in [4.69, 9.17) is 5.73 Å². The first-order valence-electron chi connectivity index (χ1n) is 4.71. The molecular formula is C11H11N3O2. The van der Waals surface area contributed by atoms with Gasteiger partial charge in [-0.3, -0.25) is 0 Å². The van der Waals surface area contributed by atoms with E-state index in [9.17, 15) is 4.79 Å². The first kappa shape index (κ1) is 10.2. The number of nitrogen functional groups attached to an aromatic ring is 1. The number of nitrogens with two attached hydrogens (primary N) is 1. The number of rotatable bonds is 1. The van der Waals surface area contributed by atoms with Crippen LogP contribution in [0.15, 0.2) is 36.4 Å². The number of hydrogen-bond acceptors (Lipinski definition) is 4. The van der Waals surface area contributed by atoms with Gasteiger partial charge in [-0.15, -0.1) is 4.68 Å². The molecule has 0 atom stereocenters. The van der Waals surface area contributed by atoms with Crippen LogP contribution in [0.4, 0.5) is 10.6 Å². The Labute approximate surface area is 92.4 Å². The maximum atomic E-state index is 11.3. The second kappa shape index (κ2) is 4.06. The van der Waals surface area contributed by atoms with Crippen LogP contribution in [0.25, 0.3) is 11.3 Å². The molecule has 82 valence electrons. The zero-order valence-corrected chi connectivity index (χ0v) is 8.75. The van der Waals surface area contributed by atoms with E-state index in [0.29, 0.717) is 5.69 Å². The van der Waals surface area contributed by atoms with E-state index in [-0.39, 0.29) is 5.82 Å². The van der Waals surface area contributed by atoms with Crippen molar-refractivity contribution in [3.05, 3.63) is 36.4 Å². The maximum absolute atomic E-state index is 11.3. The van der Waals surface area contributed by atoms with Gasteiger partial charge in [-0.2, -0.15) is 5.10 Å². The second-order valence-corrected chi connectivity index (χ2v) is 3.20. The molecule has 0 spiro atoms. The van der Waals surface area contributed by atoms with Gasteiger partial charge in [0.15, 0.2) is 0 Å². The molecule has 1 aromatic heterocycles. The summed E-state index contributed by atoms with van der Waals surface area (Å²) in [4.78, 5) is 11.3. The maximum Gasteiger partial charge on any atom is 0.436 e. The van der Waals surface area contributed by atoms with Gasteiger partial charge in [-0.25, -0.2) is 4.79 Å². The van der Waals surface area contributed by atoms with Gasteiger partial charge in [0.2, 0.25) is 0 Å². The van der Waals surface area contributed by atoms with Gasteiger partial charge >= 0.3 is 6.09 Å². The highest BCUT2D eigenvalue weighted by Gasteiger charge is 2.12. The Kier molecular flexibility index (Phi) is 2.59. The molecule has 16 heavy (non-hydrogen) atoms. The highest BCUT2D eigenvalue weighted by molar-refractivity contribution is 5.76. The number of methoxy groups -OCH3 is 1. The SMILES string of the molecule is COC(=O)n1nc(-c2ccccc2)cc1N. The van der Waals surface area contributed by atoms with E-state index in [0.717, 1.165) is 10.2 Å². The summed E-state index contributed by atoms with van der Waals surface area (Å²) in [7, 11) is 1.28. The summed E-state index contributed by atoms with van der Waals surface area (Å²) in [5, 5.41) is 4.07. The standard InChI is InChI=1S/C11H11N3O2/c1-16-11(15)14-10(12)7-9(13-14)8-5-3-2-4-6-8/h2-7H,12H2,1H3. The number of benzene rings is 1. The van der Waals surface area contributed by atoms with Crippen LogP contribution in [0.3, 0.4) is 0 Å². The summed E-state index contributed by atoms with van der Waals surface area (Å²) in [5.74, 6) is 0.255. The van der Waals surface area contributed by atoms with Gasteiger partial charge in [-0.05, 0) is 0 Å². The Morgan fingerprint density at radius 2 is 2.06 bits per heavy atom. The highest BCUT2D eigenvalue weighted by Crippen LogP contribution is 2.19. The molecule has 0 saturated heterocycles. The molecule has 0 bridgehead atoms. The van der Waals surface area contributed by atoms with E-state index in [1.165, 1.54) is 7.11 Å². The molecule has 0 amide bonds. The van der Waals surface area contributed by atoms with Crippen molar-refractivity contribution in [3.8, 4) is 11.3 Å². The van der Waals surface area contributed by atoms with E-state index in [2.05, 4.69) is 9.84 Å². The zero-order valence-electron chi connectivity index (χ0n) is 8.75. The molecule has 0 aliphatic heterocycles. The predicted molar refractivity (Wildman–Crippen MR) is 59.9 cm³/mol. The molecule has 0 unspecified atom stereocenters. The topological polar surface area (TPSA) is 70.1 Å². The lowest BCUT2D eigenvalue weighted by Crippen LogP contribution is -2.15. The van der Waals surface area contributed by atoms with Crippen molar-refractivity contribution >= 4 is 11.9 Å². The molecule has 0 radical (unpaired) electrons. The van der Waals surface area contributed by atoms with Crippen LogP contribution in [0.1, 0.15) is 0 Å². The van der Waals surface area contributed by atoms with Gasteiger partial charge in [0, 0.05) is 11.6 Å². The van der Waals surface area contributed by atoms with Crippen molar-refractivity contribution in [1.82, 2.24) is 9.78 Å². The van der Waals surface area contributed by atoms with Gasteiger partial charge < -0.3 is 10.5 Å². The Morgan fingerprint density at radius 3 is 2.69 bits per heavy atom. The predicted octanol–water partition coefficient (Wildman–Crippen LogP) is 1.75. The van der Waals surface area contributed by atoms with Crippen molar-refractivity contribution in [2.75, 3.05) is 12.8 Å². The molecule has 2 aromatic rings. The summed E-state index contributed by atoms with van der Waals surface area (Å²) >= 11 is 0. The fourth-order valence-electron chi connectivity index (χ4n) is 1.38. The fraction of sp³-hybridized carbons (Fsp3) is 0.0909. The molecule has 2 N–H and O–H groups in total. The van der Waals surface area contributed by atoms with Crippen LogP contribution in [-0.2, 0) is 4.74 Å². The van der Waals surface area contributed by atoms with Crippen molar-refractivity contribution < 1.29 is 9.53 Å². The molecule has 0 aliphatic rings. The second-order valence-electron chi connectivity index (χ2n) is 3.20. The average molecular weight is 217 g/mol. The third-order valence-electron chi connectivity index (χ3n) is 2.15. The van der Waals surface area contributed by atoms with Crippen LogP contribution < -0.4 is 5.73 Å². The number of anilines is 1. The Balaban J connectivity index is 2.42. The first-order chi connectivity index (χ1) is 7.72. The van der Waals surface area contributed by atoms with Crippen molar-refractivity contribution in [2.24, 2.45) is 0 Å². The summed E-state index contributed by atoms with van der Waals surface area (Å²) in [6.45, 7) is 0. The molecule has 1 aromatic carbocycles. The normalized spacial score (nSPS) is 10.1. The Bertz CT molecular complexity index is 505. The van der Waals surface area contributed by atoms with Crippen LogP contribution in [-0.4, -0.2) is 23.0 Å². The summed E-state index contributed by atoms with van der Waals surface area (Å²) in [5.41, 5.74) is 7.20. The number of carbonyl (C=O) groups excluding carboxylic acids is 1.